The second kappa shape index (κ2) is 13.4. The predicted molar refractivity (Wildman–Crippen MR) is 111 cm³/mol. The topological polar surface area (TPSA) is 55.8 Å². The fourth-order valence-electron chi connectivity index (χ4n) is 3.61. The Morgan fingerprint density at radius 1 is 1.00 bits per heavy atom. The molecule has 1 N–H and O–H groups in total. The minimum atomic E-state index is -1.45. The highest BCUT2D eigenvalue weighted by Gasteiger charge is 2.25. The summed E-state index contributed by atoms with van der Waals surface area (Å²) < 4.78 is 39.5. The van der Waals surface area contributed by atoms with Gasteiger partial charge in [0.15, 0.2) is 6.29 Å². The van der Waals surface area contributed by atoms with Crippen molar-refractivity contribution in [3.63, 3.8) is 0 Å². The molecule has 1 aromatic carbocycles. The third-order valence-electron chi connectivity index (χ3n) is 5.31. The maximum atomic E-state index is 14.1. The lowest BCUT2D eigenvalue weighted by atomic mass is 10.0. The zero-order valence-corrected chi connectivity index (χ0v) is 17.7. The molecule has 1 saturated heterocycles. The van der Waals surface area contributed by atoms with E-state index in [1.165, 1.54) is 51.4 Å². The Bertz CT molecular complexity index is 707. The smallest absolute Gasteiger partial charge is 0.382 e. The van der Waals surface area contributed by atoms with Crippen LogP contribution in [0.15, 0.2) is 12.1 Å². The summed E-state index contributed by atoms with van der Waals surface area (Å²) in [6.45, 7) is 3.21. The van der Waals surface area contributed by atoms with Crippen molar-refractivity contribution in [3.05, 3.63) is 34.9 Å². The fraction of sp³-hybridized carbons (Fsp3) is 0.625. The number of carboxylic acid groups (broad SMARTS) is 1. The van der Waals surface area contributed by atoms with Crippen LogP contribution in [0.25, 0.3) is 0 Å². The van der Waals surface area contributed by atoms with E-state index in [4.69, 9.17) is 14.6 Å². The Labute approximate surface area is 178 Å². The van der Waals surface area contributed by atoms with Crippen molar-refractivity contribution in [2.45, 2.75) is 77.4 Å². The molecule has 1 heterocycles. The lowest BCUT2D eigenvalue weighted by molar-refractivity contribution is -0.206. The number of hydrogen-bond acceptors (Lipinski definition) is 3. The van der Waals surface area contributed by atoms with E-state index in [0.29, 0.717) is 19.1 Å². The molecule has 0 spiro atoms. The molecule has 0 amide bonds. The molecule has 0 unspecified atom stereocenters. The van der Waals surface area contributed by atoms with Gasteiger partial charge < -0.3 is 14.6 Å². The van der Waals surface area contributed by atoms with Crippen LogP contribution in [0.3, 0.4) is 0 Å². The maximum Gasteiger partial charge on any atom is 0.382 e. The lowest BCUT2D eigenvalue weighted by Gasteiger charge is -2.29. The lowest BCUT2D eigenvalue weighted by Crippen LogP contribution is -2.27. The van der Waals surface area contributed by atoms with Crippen LogP contribution in [-0.2, 0) is 14.3 Å². The van der Waals surface area contributed by atoms with E-state index in [1.54, 1.807) is 5.92 Å². The van der Waals surface area contributed by atoms with Gasteiger partial charge in [0.1, 0.15) is 11.6 Å². The van der Waals surface area contributed by atoms with Crippen LogP contribution in [0, 0.1) is 29.4 Å². The van der Waals surface area contributed by atoms with E-state index >= 15 is 0 Å². The quantitative estimate of drug-likeness (QED) is 0.352. The second-order valence-corrected chi connectivity index (χ2v) is 7.90. The van der Waals surface area contributed by atoms with Gasteiger partial charge in [-0.2, -0.15) is 0 Å². The molecule has 0 saturated carbocycles. The van der Waals surface area contributed by atoms with Crippen molar-refractivity contribution < 1.29 is 28.2 Å². The van der Waals surface area contributed by atoms with E-state index in [2.05, 4.69) is 6.92 Å². The van der Waals surface area contributed by atoms with E-state index in [-0.39, 0.29) is 5.56 Å². The van der Waals surface area contributed by atoms with Gasteiger partial charge in [0.2, 0.25) is 0 Å². The number of carboxylic acids is 1. The van der Waals surface area contributed by atoms with Gasteiger partial charge in [-0.1, -0.05) is 64.7 Å². The van der Waals surface area contributed by atoms with Crippen LogP contribution in [0.4, 0.5) is 8.78 Å². The number of ether oxygens (including phenoxy) is 2. The van der Waals surface area contributed by atoms with Crippen molar-refractivity contribution in [2.75, 3.05) is 13.2 Å². The van der Waals surface area contributed by atoms with Crippen molar-refractivity contribution >= 4 is 5.97 Å². The van der Waals surface area contributed by atoms with E-state index in [0.717, 1.165) is 25.0 Å². The largest absolute Gasteiger partial charge is 0.472 e. The minimum Gasteiger partial charge on any atom is -0.472 e. The first kappa shape index (κ1) is 24.3. The standard InChI is InChI=1S/C24H32F2O4/c1-2-3-4-5-6-7-8-9-10-11-18-16-29-24(30-17-18)19-14-21(25)20(22(26)15-19)12-13-23(27)28/h14-15,18,24H,2-11,16-17H2,1H3,(H,27,28). The van der Waals surface area contributed by atoms with E-state index in [1.807, 2.05) is 5.92 Å². The first-order valence-corrected chi connectivity index (χ1v) is 11.0. The molecule has 2 rings (SSSR count). The summed E-state index contributed by atoms with van der Waals surface area (Å²) in [5.41, 5.74) is -0.340. The van der Waals surface area contributed by atoms with E-state index in [9.17, 15) is 13.6 Å². The fourth-order valence-corrected chi connectivity index (χ4v) is 3.61. The highest BCUT2D eigenvalue weighted by molar-refractivity contribution is 5.87. The Morgan fingerprint density at radius 3 is 2.07 bits per heavy atom. The predicted octanol–water partition coefficient (Wildman–Crippen LogP) is 5.98. The number of halogens is 2. The van der Waals surface area contributed by atoms with Gasteiger partial charge in [-0.15, -0.1) is 0 Å². The van der Waals surface area contributed by atoms with Crippen LogP contribution in [0.1, 0.15) is 88.5 Å². The van der Waals surface area contributed by atoms with Gasteiger partial charge in [-0.05, 0) is 24.5 Å². The molecule has 166 valence electrons. The zero-order chi connectivity index (χ0) is 21.8. The first-order valence-electron chi connectivity index (χ1n) is 11.0. The van der Waals surface area contributed by atoms with Crippen molar-refractivity contribution in [1.29, 1.82) is 0 Å². The summed E-state index contributed by atoms with van der Waals surface area (Å²) in [4.78, 5) is 10.5. The van der Waals surface area contributed by atoms with Crippen LogP contribution < -0.4 is 0 Å². The average Bonchev–Trinajstić information content (AvgIpc) is 2.72. The summed E-state index contributed by atoms with van der Waals surface area (Å²) in [5.74, 6) is 0.690. The molecule has 1 aromatic rings. The van der Waals surface area contributed by atoms with Gasteiger partial charge in [0, 0.05) is 17.4 Å². The molecule has 6 heteroatoms. The molecular weight excluding hydrogens is 390 g/mol. The number of aliphatic carboxylic acids is 1. The van der Waals surface area contributed by atoms with Crippen molar-refractivity contribution in [3.8, 4) is 11.8 Å². The number of hydrogen-bond donors (Lipinski definition) is 1. The minimum absolute atomic E-state index is 0.229. The zero-order valence-electron chi connectivity index (χ0n) is 17.7. The summed E-state index contributed by atoms with van der Waals surface area (Å²) in [6.07, 6.45) is 11.7. The number of carbonyl (C=O) groups is 1. The average molecular weight is 423 g/mol. The van der Waals surface area contributed by atoms with Gasteiger partial charge in [0.05, 0.1) is 18.8 Å². The molecule has 1 aliphatic rings. The number of benzene rings is 1. The Hall–Kier alpha value is -1.97. The Balaban J connectivity index is 1.69. The summed E-state index contributed by atoms with van der Waals surface area (Å²) in [6, 6.07) is 2.17. The molecule has 0 radical (unpaired) electrons. The van der Waals surface area contributed by atoms with E-state index < -0.39 is 29.5 Å². The monoisotopic (exact) mass is 422 g/mol. The second-order valence-electron chi connectivity index (χ2n) is 7.90. The number of rotatable bonds is 11. The van der Waals surface area contributed by atoms with Crippen LogP contribution in [0.2, 0.25) is 0 Å². The number of unbranched alkanes of at least 4 members (excludes halogenated alkanes) is 8. The highest BCUT2D eigenvalue weighted by atomic mass is 19.1. The molecule has 0 bridgehead atoms. The highest BCUT2D eigenvalue weighted by Crippen LogP contribution is 2.29. The summed E-state index contributed by atoms with van der Waals surface area (Å²) in [7, 11) is 0. The molecule has 1 aliphatic heterocycles. The Morgan fingerprint density at radius 2 is 1.53 bits per heavy atom. The summed E-state index contributed by atoms with van der Waals surface area (Å²) >= 11 is 0. The first-order chi connectivity index (χ1) is 14.5. The van der Waals surface area contributed by atoms with Gasteiger partial charge in [-0.25, -0.2) is 13.6 Å². The molecule has 0 aromatic heterocycles. The van der Waals surface area contributed by atoms with Crippen LogP contribution in [0.5, 0.6) is 0 Å². The maximum absolute atomic E-state index is 14.1. The van der Waals surface area contributed by atoms with Crippen molar-refractivity contribution in [2.24, 2.45) is 5.92 Å². The molecule has 4 nitrogen and oxygen atoms in total. The van der Waals surface area contributed by atoms with Crippen LogP contribution in [-0.4, -0.2) is 24.3 Å². The third-order valence-corrected chi connectivity index (χ3v) is 5.31. The molecule has 0 atom stereocenters. The SMILES string of the molecule is CCCCCCCCCCCC1COC(c2cc(F)c(C#CC(=O)O)c(F)c2)OC1. The Kier molecular flexibility index (Phi) is 10.8. The van der Waals surface area contributed by atoms with Gasteiger partial charge >= 0.3 is 5.97 Å². The van der Waals surface area contributed by atoms with Crippen molar-refractivity contribution in [1.82, 2.24) is 0 Å². The van der Waals surface area contributed by atoms with Gasteiger partial charge in [-0.3, -0.25) is 0 Å². The van der Waals surface area contributed by atoms with Gasteiger partial charge in [0.25, 0.3) is 0 Å². The normalized spacial score (nSPS) is 18.6. The van der Waals surface area contributed by atoms with Crippen LogP contribution >= 0.6 is 0 Å². The third kappa shape index (κ3) is 8.41. The molecule has 30 heavy (non-hydrogen) atoms. The summed E-state index contributed by atoms with van der Waals surface area (Å²) in [5, 5.41) is 8.53. The molecule has 0 aliphatic carbocycles. The molecule has 1 fully saturated rings. The molecular formula is C24H32F2O4.